The van der Waals surface area contributed by atoms with E-state index in [9.17, 15) is 4.79 Å². The van der Waals surface area contributed by atoms with Gasteiger partial charge in [-0.15, -0.1) is 0 Å². The molecule has 0 radical (unpaired) electrons. The Morgan fingerprint density at radius 1 is 1.25 bits per heavy atom. The number of hydrogen-bond donors (Lipinski definition) is 0. The summed E-state index contributed by atoms with van der Waals surface area (Å²) in [5, 5.41) is 0. The van der Waals surface area contributed by atoms with Crippen LogP contribution in [0.4, 0.5) is 0 Å². The molecular formula is C13H17NO2. The largest absolute Gasteiger partial charge is 0.423 e. The first-order chi connectivity index (χ1) is 7.69. The first-order valence-corrected chi connectivity index (χ1v) is 5.01. The van der Waals surface area contributed by atoms with E-state index in [0.29, 0.717) is 11.3 Å². The van der Waals surface area contributed by atoms with Crippen LogP contribution in [0.25, 0.3) is 0 Å². The highest BCUT2D eigenvalue weighted by molar-refractivity contribution is 6.09. The van der Waals surface area contributed by atoms with E-state index in [-0.39, 0.29) is 0 Å². The zero-order valence-corrected chi connectivity index (χ0v) is 9.93. The van der Waals surface area contributed by atoms with Gasteiger partial charge in [-0.3, -0.25) is 4.99 Å². The molecule has 3 nitrogen and oxygen atoms in total. The average Bonchev–Trinajstić information content (AvgIpc) is 2.29. The van der Waals surface area contributed by atoms with E-state index in [0.717, 1.165) is 0 Å². The van der Waals surface area contributed by atoms with Crippen molar-refractivity contribution < 1.29 is 9.53 Å². The second kappa shape index (κ2) is 8.41. The van der Waals surface area contributed by atoms with Gasteiger partial charge < -0.3 is 4.74 Å². The molecule has 0 N–H and O–H groups in total. The summed E-state index contributed by atoms with van der Waals surface area (Å²) in [5.41, 5.74) is 0.392. The first-order valence-electron chi connectivity index (χ1n) is 5.01. The van der Waals surface area contributed by atoms with Gasteiger partial charge in [0, 0.05) is 12.4 Å². The maximum absolute atomic E-state index is 11.6. The smallest absolute Gasteiger partial charge is 0.344 e. The summed E-state index contributed by atoms with van der Waals surface area (Å²) in [5.74, 6) is 0.0816. The second-order valence-corrected chi connectivity index (χ2v) is 2.79. The van der Waals surface area contributed by atoms with Gasteiger partial charge in [0.25, 0.3) is 0 Å². The number of aliphatic imine (C=N–C) groups is 1. The van der Waals surface area contributed by atoms with E-state index in [1.54, 1.807) is 38.2 Å². The molecule has 0 aromatic heterocycles. The van der Waals surface area contributed by atoms with Gasteiger partial charge >= 0.3 is 5.97 Å². The molecule has 0 spiro atoms. The number of hydrogen-bond acceptors (Lipinski definition) is 3. The van der Waals surface area contributed by atoms with Gasteiger partial charge in [0.2, 0.25) is 0 Å². The van der Waals surface area contributed by atoms with Gasteiger partial charge in [0.05, 0.1) is 5.57 Å². The number of carbonyl (C=O) groups excluding carboxylic acids is 1. The molecule has 0 amide bonds. The van der Waals surface area contributed by atoms with Crippen LogP contribution in [-0.4, -0.2) is 12.2 Å². The second-order valence-electron chi connectivity index (χ2n) is 2.79. The van der Waals surface area contributed by atoms with Crippen LogP contribution in [0.3, 0.4) is 0 Å². The molecule has 0 aliphatic rings. The van der Waals surface area contributed by atoms with E-state index in [1.807, 2.05) is 6.92 Å². The molecule has 0 fully saturated rings. The molecular weight excluding hydrogens is 202 g/mol. The summed E-state index contributed by atoms with van der Waals surface area (Å²) in [6.07, 6.45) is 9.65. The average molecular weight is 219 g/mol. The Kier molecular flexibility index (Phi) is 7.41. The summed E-state index contributed by atoms with van der Waals surface area (Å²) in [6.45, 7) is 8.84. The molecule has 0 aromatic rings. The minimum Gasteiger partial charge on any atom is -0.423 e. The van der Waals surface area contributed by atoms with Gasteiger partial charge in [-0.2, -0.15) is 0 Å². The molecule has 0 aliphatic carbocycles. The van der Waals surface area contributed by atoms with E-state index < -0.39 is 5.97 Å². The van der Waals surface area contributed by atoms with Crippen LogP contribution < -0.4 is 0 Å². The Morgan fingerprint density at radius 3 is 2.38 bits per heavy atom. The number of nitrogens with zero attached hydrogens (tertiary/aromatic N) is 1. The van der Waals surface area contributed by atoms with E-state index in [1.165, 1.54) is 12.4 Å². The quantitative estimate of drug-likeness (QED) is 0.234. The van der Waals surface area contributed by atoms with Gasteiger partial charge in [0.15, 0.2) is 0 Å². The fraction of sp³-hybridized carbons (Fsp3) is 0.231. The van der Waals surface area contributed by atoms with Crippen LogP contribution in [0.5, 0.6) is 0 Å². The standard InChI is InChI=1S/C13H17NO2/c1-5-9-12(7-3)16-13(15)11(6-2)10-14-8-4/h5-10H,4H2,1-3H3/b9-5-,11-6+,12-7+,14-10-. The Bertz CT molecular complexity index is 360. The third-order valence-electron chi connectivity index (χ3n) is 1.69. The fourth-order valence-corrected chi connectivity index (χ4v) is 0.897. The maximum Gasteiger partial charge on any atom is 0.344 e. The molecule has 0 saturated carbocycles. The molecule has 0 atom stereocenters. The van der Waals surface area contributed by atoms with Crippen molar-refractivity contribution in [1.82, 2.24) is 0 Å². The van der Waals surface area contributed by atoms with E-state index in [4.69, 9.17) is 4.74 Å². The molecule has 0 rings (SSSR count). The Morgan fingerprint density at radius 2 is 1.94 bits per heavy atom. The monoisotopic (exact) mass is 219 g/mol. The van der Waals surface area contributed by atoms with Crippen molar-refractivity contribution in [2.45, 2.75) is 20.8 Å². The lowest BCUT2D eigenvalue weighted by molar-refractivity contribution is -0.133. The van der Waals surface area contributed by atoms with Gasteiger partial charge in [-0.1, -0.05) is 18.7 Å². The first kappa shape index (κ1) is 14.1. The van der Waals surface area contributed by atoms with Gasteiger partial charge in [0.1, 0.15) is 5.76 Å². The van der Waals surface area contributed by atoms with Crippen molar-refractivity contribution in [1.29, 1.82) is 0 Å². The molecule has 0 aromatic carbocycles. The lowest BCUT2D eigenvalue weighted by atomic mass is 10.3. The zero-order valence-electron chi connectivity index (χ0n) is 9.93. The molecule has 86 valence electrons. The van der Waals surface area contributed by atoms with E-state index >= 15 is 0 Å². The molecule has 0 bridgehead atoms. The van der Waals surface area contributed by atoms with E-state index in [2.05, 4.69) is 11.6 Å². The van der Waals surface area contributed by atoms with Crippen LogP contribution in [0.2, 0.25) is 0 Å². The highest BCUT2D eigenvalue weighted by Crippen LogP contribution is 2.05. The molecule has 0 saturated heterocycles. The predicted octanol–water partition coefficient (Wildman–Crippen LogP) is 3.17. The number of rotatable bonds is 5. The zero-order chi connectivity index (χ0) is 12.4. The van der Waals surface area contributed by atoms with Crippen molar-refractivity contribution >= 4 is 12.2 Å². The van der Waals surface area contributed by atoms with Crippen LogP contribution in [0.1, 0.15) is 20.8 Å². The molecule has 0 aliphatic heterocycles. The van der Waals surface area contributed by atoms with Crippen molar-refractivity contribution in [2.75, 3.05) is 0 Å². The minimum atomic E-state index is -0.431. The van der Waals surface area contributed by atoms with Gasteiger partial charge in [-0.25, -0.2) is 4.79 Å². The normalized spacial score (nSPS) is 13.4. The Hall–Kier alpha value is -1.90. The summed E-state index contributed by atoms with van der Waals surface area (Å²) in [7, 11) is 0. The van der Waals surface area contributed by atoms with Crippen molar-refractivity contribution in [3.63, 3.8) is 0 Å². The minimum absolute atomic E-state index is 0.392. The van der Waals surface area contributed by atoms with Crippen LogP contribution in [-0.2, 0) is 9.53 Å². The topological polar surface area (TPSA) is 38.7 Å². The van der Waals surface area contributed by atoms with Crippen molar-refractivity contribution in [3.05, 3.63) is 48.4 Å². The lowest BCUT2D eigenvalue weighted by Gasteiger charge is -2.04. The summed E-state index contributed by atoms with van der Waals surface area (Å²) in [6, 6.07) is 0. The molecule has 0 unspecified atom stereocenters. The Labute approximate surface area is 96.5 Å². The number of esters is 1. The van der Waals surface area contributed by atoms with Crippen LogP contribution in [0.15, 0.2) is 53.4 Å². The molecule has 16 heavy (non-hydrogen) atoms. The van der Waals surface area contributed by atoms with Crippen LogP contribution >= 0.6 is 0 Å². The lowest BCUT2D eigenvalue weighted by Crippen LogP contribution is -2.07. The number of carbonyl (C=O) groups is 1. The van der Waals surface area contributed by atoms with Crippen molar-refractivity contribution in [3.8, 4) is 0 Å². The van der Waals surface area contributed by atoms with Crippen molar-refractivity contribution in [2.24, 2.45) is 4.99 Å². The molecule has 0 heterocycles. The summed E-state index contributed by atoms with van der Waals surface area (Å²) >= 11 is 0. The maximum atomic E-state index is 11.6. The summed E-state index contributed by atoms with van der Waals surface area (Å²) < 4.78 is 5.13. The third-order valence-corrected chi connectivity index (χ3v) is 1.69. The SMILES string of the molecule is C=C/N=C\C(=C/C)C(=O)OC(/C=C\C)=C/C. The highest BCUT2D eigenvalue weighted by atomic mass is 16.5. The number of ether oxygens (including phenoxy) is 1. The van der Waals surface area contributed by atoms with Crippen LogP contribution in [0, 0.1) is 0 Å². The highest BCUT2D eigenvalue weighted by Gasteiger charge is 2.08. The predicted molar refractivity (Wildman–Crippen MR) is 67.1 cm³/mol. The molecule has 3 heteroatoms. The summed E-state index contributed by atoms with van der Waals surface area (Å²) in [4.78, 5) is 15.4. The Balaban J connectivity index is 4.67. The third kappa shape index (κ3) is 5.10. The van der Waals surface area contributed by atoms with Gasteiger partial charge in [-0.05, 0) is 32.9 Å². The fourth-order valence-electron chi connectivity index (χ4n) is 0.897. The number of allylic oxidation sites excluding steroid dienone is 4.